The van der Waals surface area contributed by atoms with Gasteiger partial charge in [-0.05, 0) is 42.5 Å². The van der Waals surface area contributed by atoms with Crippen molar-refractivity contribution in [3.63, 3.8) is 0 Å². The maximum absolute atomic E-state index is 12.3. The molecule has 0 fully saturated rings. The van der Waals surface area contributed by atoms with Gasteiger partial charge in [0, 0.05) is 21.3 Å². The van der Waals surface area contributed by atoms with E-state index in [2.05, 4.69) is 15.3 Å². The monoisotopic (exact) mass is 386 g/mol. The van der Waals surface area contributed by atoms with Crippen molar-refractivity contribution in [2.45, 2.75) is 0 Å². The number of halogens is 2. The zero-order valence-electron chi connectivity index (χ0n) is 13.5. The van der Waals surface area contributed by atoms with E-state index in [9.17, 15) is 10.1 Å². The summed E-state index contributed by atoms with van der Waals surface area (Å²) in [5.74, 6) is 0.821. The Balaban J connectivity index is 2.06. The average Bonchev–Trinajstić information content (AvgIpc) is 2.60. The van der Waals surface area contributed by atoms with Crippen molar-refractivity contribution < 1.29 is 4.74 Å². The first-order valence-electron chi connectivity index (χ1n) is 7.42. The van der Waals surface area contributed by atoms with Crippen molar-refractivity contribution in [1.82, 2.24) is 9.97 Å². The van der Waals surface area contributed by atoms with Crippen LogP contribution in [0.4, 0.5) is 11.6 Å². The van der Waals surface area contributed by atoms with Gasteiger partial charge in [0.05, 0.1) is 12.8 Å². The maximum Gasteiger partial charge on any atom is 0.270 e. The van der Waals surface area contributed by atoms with Crippen molar-refractivity contribution in [2.75, 3.05) is 12.4 Å². The molecule has 8 heteroatoms. The molecular formula is C18H12Cl2N4O2. The van der Waals surface area contributed by atoms with E-state index >= 15 is 0 Å². The number of methoxy groups -OCH3 is 1. The zero-order chi connectivity index (χ0) is 18.7. The summed E-state index contributed by atoms with van der Waals surface area (Å²) in [6.07, 6.45) is 0. The van der Waals surface area contributed by atoms with Gasteiger partial charge in [0.25, 0.3) is 5.56 Å². The fraction of sp³-hybridized carbons (Fsp3) is 0.0556. The number of nitriles is 1. The molecule has 130 valence electrons. The lowest BCUT2D eigenvalue weighted by Crippen LogP contribution is -2.16. The molecular weight excluding hydrogens is 375 g/mol. The molecule has 2 aromatic carbocycles. The van der Waals surface area contributed by atoms with Crippen LogP contribution in [0.1, 0.15) is 5.56 Å². The minimum atomic E-state index is -0.552. The van der Waals surface area contributed by atoms with Gasteiger partial charge in [-0.2, -0.15) is 5.26 Å². The first-order valence-corrected chi connectivity index (χ1v) is 8.17. The summed E-state index contributed by atoms with van der Waals surface area (Å²) in [4.78, 5) is 19.2. The molecule has 0 spiro atoms. The molecule has 1 aromatic heterocycles. The van der Waals surface area contributed by atoms with Crippen molar-refractivity contribution in [2.24, 2.45) is 0 Å². The second-order valence-corrected chi connectivity index (χ2v) is 6.13. The molecule has 6 nitrogen and oxygen atoms in total. The molecule has 0 amide bonds. The molecule has 3 aromatic rings. The van der Waals surface area contributed by atoms with Gasteiger partial charge in [-0.3, -0.25) is 9.78 Å². The second kappa shape index (κ2) is 7.48. The summed E-state index contributed by atoms with van der Waals surface area (Å²) in [6.45, 7) is 0. The van der Waals surface area contributed by atoms with E-state index in [0.29, 0.717) is 27.0 Å². The number of anilines is 2. The Labute approximate surface area is 159 Å². The predicted molar refractivity (Wildman–Crippen MR) is 101 cm³/mol. The Hall–Kier alpha value is -3.01. The van der Waals surface area contributed by atoms with Gasteiger partial charge >= 0.3 is 0 Å². The summed E-state index contributed by atoms with van der Waals surface area (Å²) < 4.78 is 5.12. The van der Waals surface area contributed by atoms with E-state index in [1.54, 1.807) is 49.6 Å². The highest BCUT2D eigenvalue weighted by Crippen LogP contribution is 2.26. The highest BCUT2D eigenvalue weighted by Gasteiger charge is 2.14. The number of aromatic nitrogens is 2. The first-order chi connectivity index (χ1) is 12.5. The number of nitrogens with one attached hydrogen (secondary N) is 2. The first kappa shape index (κ1) is 17.8. The van der Waals surface area contributed by atoms with Crippen LogP contribution in [0.25, 0.3) is 11.3 Å². The highest BCUT2D eigenvalue weighted by molar-refractivity contribution is 6.35. The van der Waals surface area contributed by atoms with Crippen LogP contribution in [0.2, 0.25) is 10.0 Å². The molecule has 0 radical (unpaired) electrons. The lowest BCUT2D eigenvalue weighted by molar-refractivity contribution is 0.415. The third-order valence-electron chi connectivity index (χ3n) is 3.52. The fourth-order valence-electron chi connectivity index (χ4n) is 2.36. The van der Waals surface area contributed by atoms with E-state index in [1.807, 2.05) is 6.07 Å². The smallest absolute Gasteiger partial charge is 0.270 e. The topological polar surface area (TPSA) is 90.8 Å². The van der Waals surface area contributed by atoms with E-state index in [1.165, 1.54) is 0 Å². The SMILES string of the molecule is COc1ccc(-c2nc(Nc3cc(Cl)cc(Cl)c3)[nH]c(=O)c2C#N)cc1. The predicted octanol–water partition coefficient (Wildman–Crippen LogP) is 4.37. The van der Waals surface area contributed by atoms with E-state index < -0.39 is 5.56 Å². The van der Waals surface area contributed by atoms with Crippen molar-refractivity contribution >= 4 is 34.8 Å². The number of hydrogen-bond donors (Lipinski definition) is 2. The minimum absolute atomic E-state index is 0.0788. The van der Waals surface area contributed by atoms with Crippen molar-refractivity contribution in [3.8, 4) is 23.1 Å². The number of rotatable bonds is 4. The fourth-order valence-corrected chi connectivity index (χ4v) is 2.88. The number of nitrogens with zero attached hydrogens (tertiary/aromatic N) is 2. The van der Waals surface area contributed by atoms with Crippen molar-refractivity contribution in [1.29, 1.82) is 5.26 Å². The number of benzene rings is 2. The Bertz CT molecular complexity index is 1040. The number of aromatic amines is 1. The molecule has 0 atom stereocenters. The molecule has 2 N–H and O–H groups in total. The van der Waals surface area contributed by atoms with Gasteiger partial charge in [0.15, 0.2) is 0 Å². The van der Waals surface area contributed by atoms with Gasteiger partial charge in [-0.15, -0.1) is 0 Å². The Morgan fingerprint density at radius 2 is 1.81 bits per heavy atom. The molecule has 1 heterocycles. The Morgan fingerprint density at radius 1 is 1.15 bits per heavy atom. The van der Waals surface area contributed by atoms with Gasteiger partial charge in [0.2, 0.25) is 5.95 Å². The summed E-state index contributed by atoms with van der Waals surface area (Å²) >= 11 is 12.0. The quantitative estimate of drug-likeness (QED) is 0.694. The maximum atomic E-state index is 12.3. The van der Waals surface area contributed by atoms with Gasteiger partial charge in [0.1, 0.15) is 17.4 Å². The minimum Gasteiger partial charge on any atom is -0.497 e. The zero-order valence-corrected chi connectivity index (χ0v) is 15.0. The van der Waals surface area contributed by atoms with Crippen LogP contribution in [-0.4, -0.2) is 17.1 Å². The molecule has 0 unspecified atom stereocenters. The Kier molecular flexibility index (Phi) is 5.12. The van der Waals surface area contributed by atoms with E-state index in [-0.39, 0.29) is 17.2 Å². The summed E-state index contributed by atoms with van der Waals surface area (Å²) in [7, 11) is 1.55. The second-order valence-electron chi connectivity index (χ2n) is 5.26. The van der Waals surface area contributed by atoms with Crippen LogP contribution >= 0.6 is 23.2 Å². The van der Waals surface area contributed by atoms with E-state index in [4.69, 9.17) is 27.9 Å². The largest absolute Gasteiger partial charge is 0.497 e. The summed E-state index contributed by atoms with van der Waals surface area (Å²) in [6, 6.07) is 13.7. The van der Waals surface area contributed by atoms with Crippen molar-refractivity contribution in [3.05, 3.63) is 68.4 Å². The highest BCUT2D eigenvalue weighted by atomic mass is 35.5. The van der Waals surface area contributed by atoms with Gasteiger partial charge in [-0.1, -0.05) is 23.2 Å². The third-order valence-corrected chi connectivity index (χ3v) is 3.96. The third kappa shape index (κ3) is 3.80. The molecule has 3 rings (SSSR count). The van der Waals surface area contributed by atoms with Crippen LogP contribution in [-0.2, 0) is 0 Å². The normalized spacial score (nSPS) is 10.2. The molecule has 0 aliphatic rings. The summed E-state index contributed by atoms with van der Waals surface area (Å²) in [5, 5.41) is 13.1. The van der Waals surface area contributed by atoms with Crippen LogP contribution < -0.4 is 15.6 Å². The number of hydrogen-bond acceptors (Lipinski definition) is 5. The van der Waals surface area contributed by atoms with Gasteiger partial charge in [-0.25, -0.2) is 4.98 Å². The number of H-pyrrole nitrogens is 1. The molecule has 0 aliphatic heterocycles. The lowest BCUT2D eigenvalue weighted by Gasteiger charge is -2.10. The summed E-state index contributed by atoms with van der Waals surface area (Å²) in [5.41, 5.74) is 0.792. The van der Waals surface area contributed by atoms with Crippen LogP contribution in [0, 0.1) is 11.3 Å². The Morgan fingerprint density at radius 3 is 2.38 bits per heavy atom. The number of ether oxygens (including phenoxy) is 1. The average molecular weight is 387 g/mol. The molecule has 0 saturated heterocycles. The van der Waals surface area contributed by atoms with Crippen LogP contribution in [0.5, 0.6) is 5.75 Å². The van der Waals surface area contributed by atoms with Crippen LogP contribution in [0.15, 0.2) is 47.3 Å². The van der Waals surface area contributed by atoms with Gasteiger partial charge < -0.3 is 10.1 Å². The molecule has 0 aliphatic carbocycles. The standard InChI is InChI=1S/C18H12Cl2N4O2/c1-26-14-4-2-10(3-5-14)16-15(9-21)17(25)24-18(23-16)22-13-7-11(19)6-12(20)8-13/h2-8H,1H3,(H2,22,23,24,25). The van der Waals surface area contributed by atoms with E-state index in [0.717, 1.165) is 0 Å². The van der Waals surface area contributed by atoms with Crippen LogP contribution in [0.3, 0.4) is 0 Å². The molecule has 0 bridgehead atoms. The molecule has 0 saturated carbocycles. The molecule has 26 heavy (non-hydrogen) atoms. The lowest BCUT2D eigenvalue weighted by atomic mass is 10.1.